The predicted molar refractivity (Wildman–Crippen MR) is 119 cm³/mol. The molecule has 156 valence electrons. The fourth-order valence-electron chi connectivity index (χ4n) is 3.71. The van der Waals surface area contributed by atoms with Crippen molar-refractivity contribution in [2.45, 2.75) is 12.1 Å². The fraction of sp³-hybridized carbons (Fsp3) is 0.182. The van der Waals surface area contributed by atoms with Gasteiger partial charge in [0, 0.05) is 41.4 Å². The Bertz CT molecular complexity index is 1290. The van der Waals surface area contributed by atoms with E-state index in [2.05, 4.69) is 26.6 Å². The molecule has 31 heavy (non-hydrogen) atoms. The Balaban J connectivity index is 1.54. The van der Waals surface area contributed by atoms with Gasteiger partial charge in [0.2, 0.25) is 5.91 Å². The van der Waals surface area contributed by atoms with Gasteiger partial charge in [-0.05, 0) is 30.7 Å². The zero-order valence-corrected chi connectivity index (χ0v) is 17.6. The number of carbonyl (C=O) groups excluding carboxylic acids is 2. The summed E-state index contributed by atoms with van der Waals surface area (Å²) in [5.41, 5.74) is 3.97. The quantitative estimate of drug-likeness (QED) is 0.472. The third-order valence-electron chi connectivity index (χ3n) is 5.21. The Labute approximate surface area is 182 Å². The van der Waals surface area contributed by atoms with Crippen LogP contribution in [0.2, 0.25) is 0 Å². The van der Waals surface area contributed by atoms with Crippen molar-refractivity contribution in [3.63, 3.8) is 0 Å². The van der Waals surface area contributed by atoms with Crippen molar-refractivity contribution in [2.75, 3.05) is 18.8 Å². The highest BCUT2D eigenvalue weighted by Gasteiger charge is 2.27. The molecule has 0 unspecified atom stereocenters. The van der Waals surface area contributed by atoms with E-state index in [-0.39, 0.29) is 17.7 Å². The molecule has 0 bridgehead atoms. The summed E-state index contributed by atoms with van der Waals surface area (Å²) >= 11 is 1.28. The van der Waals surface area contributed by atoms with E-state index in [1.165, 1.54) is 16.7 Å². The summed E-state index contributed by atoms with van der Waals surface area (Å²) in [6.07, 6.45) is 1.93. The van der Waals surface area contributed by atoms with Crippen LogP contribution in [0, 0.1) is 6.92 Å². The lowest BCUT2D eigenvalue weighted by Gasteiger charge is -2.13. The number of carbonyl (C=O) groups is 2. The number of fused-ring (bicyclic) bond motifs is 1. The normalized spacial score (nSPS) is 13.7. The number of benzene rings is 2. The molecule has 8 nitrogen and oxygen atoms in total. The van der Waals surface area contributed by atoms with Gasteiger partial charge in [-0.1, -0.05) is 42.1 Å². The van der Waals surface area contributed by atoms with Gasteiger partial charge in [-0.15, -0.1) is 10.2 Å². The number of hydrogen-bond donors (Lipinski definition) is 2. The zero-order valence-electron chi connectivity index (χ0n) is 16.8. The van der Waals surface area contributed by atoms with Crippen molar-refractivity contribution < 1.29 is 9.59 Å². The van der Waals surface area contributed by atoms with Crippen molar-refractivity contribution in [2.24, 2.45) is 0 Å². The predicted octanol–water partition coefficient (Wildman–Crippen LogP) is 3.37. The zero-order chi connectivity index (χ0) is 21.4. The summed E-state index contributed by atoms with van der Waals surface area (Å²) in [6.45, 7) is 2.91. The monoisotopic (exact) mass is 432 g/mol. The summed E-state index contributed by atoms with van der Waals surface area (Å²) in [7, 11) is 0. The van der Waals surface area contributed by atoms with Gasteiger partial charge in [0.25, 0.3) is 0 Å². The first-order valence-corrected chi connectivity index (χ1v) is 10.9. The van der Waals surface area contributed by atoms with Crippen LogP contribution in [0.25, 0.3) is 28.0 Å². The number of imide groups is 1. The van der Waals surface area contributed by atoms with Gasteiger partial charge in [-0.2, -0.15) is 0 Å². The Morgan fingerprint density at radius 2 is 2.03 bits per heavy atom. The van der Waals surface area contributed by atoms with Gasteiger partial charge < -0.3 is 10.3 Å². The molecule has 0 atom stereocenters. The second-order valence-corrected chi connectivity index (χ2v) is 8.24. The van der Waals surface area contributed by atoms with E-state index in [0.717, 1.165) is 27.7 Å². The lowest BCUT2D eigenvalue weighted by Crippen LogP contribution is -2.35. The first-order valence-electron chi connectivity index (χ1n) is 9.92. The maximum atomic E-state index is 12.5. The van der Waals surface area contributed by atoms with Crippen molar-refractivity contribution in [3.05, 3.63) is 60.3 Å². The molecule has 9 heteroatoms. The molecule has 5 rings (SSSR count). The average molecular weight is 433 g/mol. The van der Waals surface area contributed by atoms with Crippen molar-refractivity contribution >= 4 is 34.6 Å². The van der Waals surface area contributed by atoms with Crippen molar-refractivity contribution in [3.8, 4) is 17.1 Å². The Morgan fingerprint density at radius 3 is 2.84 bits per heavy atom. The summed E-state index contributed by atoms with van der Waals surface area (Å²) < 4.78 is 1.96. The Hall–Kier alpha value is -3.59. The SMILES string of the molecule is Cc1cccc(-n2c(SCC(=O)N3CCNC3=O)nnc2-c2c[nH]c3ccccc23)c1. The van der Waals surface area contributed by atoms with Crippen LogP contribution in [0.15, 0.2) is 59.9 Å². The number of nitrogens with one attached hydrogen (secondary N) is 2. The molecular weight excluding hydrogens is 412 g/mol. The fourth-order valence-corrected chi connectivity index (χ4v) is 4.54. The number of aromatic amines is 1. The summed E-state index contributed by atoms with van der Waals surface area (Å²) in [4.78, 5) is 28.8. The van der Waals surface area contributed by atoms with E-state index in [1.54, 1.807) is 0 Å². The van der Waals surface area contributed by atoms with Gasteiger partial charge in [0.15, 0.2) is 11.0 Å². The van der Waals surface area contributed by atoms with Crippen LogP contribution >= 0.6 is 11.8 Å². The third kappa shape index (κ3) is 3.57. The minimum absolute atomic E-state index is 0.102. The van der Waals surface area contributed by atoms with E-state index in [9.17, 15) is 9.59 Å². The van der Waals surface area contributed by atoms with Gasteiger partial charge in [0.05, 0.1) is 5.75 Å². The lowest BCUT2D eigenvalue weighted by molar-refractivity contribution is -0.124. The van der Waals surface area contributed by atoms with Crippen LogP contribution in [-0.2, 0) is 4.79 Å². The molecule has 0 radical (unpaired) electrons. The lowest BCUT2D eigenvalue weighted by atomic mass is 10.1. The van der Waals surface area contributed by atoms with Crippen LogP contribution in [0.1, 0.15) is 5.56 Å². The van der Waals surface area contributed by atoms with Gasteiger partial charge >= 0.3 is 6.03 Å². The number of nitrogens with zero attached hydrogens (tertiary/aromatic N) is 4. The standard InChI is InChI=1S/C22H20N6O2S/c1-14-5-4-6-15(11-14)28-20(17-12-24-18-8-3-2-7-16(17)18)25-26-22(28)31-13-19(29)27-10-9-23-21(27)30/h2-8,11-12,24H,9-10,13H2,1H3,(H,23,30). The molecule has 1 aliphatic rings. The molecule has 0 saturated carbocycles. The van der Waals surface area contributed by atoms with E-state index in [4.69, 9.17) is 0 Å². The second-order valence-electron chi connectivity index (χ2n) is 7.29. The van der Waals surface area contributed by atoms with Gasteiger partial charge in [-0.3, -0.25) is 14.3 Å². The molecule has 1 aliphatic heterocycles. The number of para-hydroxylation sites is 1. The minimum atomic E-state index is -0.342. The highest BCUT2D eigenvalue weighted by Crippen LogP contribution is 2.32. The highest BCUT2D eigenvalue weighted by atomic mass is 32.2. The summed E-state index contributed by atoms with van der Waals surface area (Å²) in [5, 5.41) is 13.2. The maximum Gasteiger partial charge on any atom is 0.324 e. The Morgan fingerprint density at radius 1 is 1.16 bits per heavy atom. The molecule has 4 aromatic rings. The van der Waals surface area contributed by atoms with Crippen molar-refractivity contribution in [1.82, 2.24) is 30.0 Å². The molecule has 2 N–H and O–H groups in total. The van der Waals surface area contributed by atoms with E-state index < -0.39 is 0 Å². The number of H-pyrrole nitrogens is 1. The van der Waals surface area contributed by atoms with Gasteiger partial charge in [0.1, 0.15) is 0 Å². The smallest absolute Gasteiger partial charge is 0.324 e. The molecular formula is C22H20N6O2S. The molecule has 1 fully saturated rings. The van der Waals surface area contributed by atoms with E-state index in [0.29, 0.717) is 24.1 Å². The minimum Gasteiger partial charge on any atom is -0.360 e. The van der Waals surface area contributed by atoms with Crippen LogP contribution in [0.3, 0.4) is 0 Å². The van der Waals surface area contributed by atoms with Gasteiger partial charge in [-0.25, -0.2) is 4.79 Å². The molecule has 0 spiro atoms. The number of aryl methyl sites for hydroxylation is 1. The Kier molecular flexibility index (Phi) is 4.95. The second kappa shape index (κ2) is 7.92. The molecule has 3 heterocycles. The number of hydrogen-bond acceptors (Lipinski definition) is 5. The summed E-state index contributed by atoms with van der Waals surface area (Å²) in [6, 6.07) is 15.7. The molecule has 0 aliphatic carbocycles. The van der Waals surface area contributed by atoms with Crippen LogP contribution in [0.4, 0.5) is 4.79 Å². The van der Waals surface area contributed by atoms with Crippen LogP contribution in [-0.4, -0.2) is 55.4 Å². The topological polar surface area (TPSA) is 95.9 Å². The number of urea groups is 1. The highest BCUT2D eigenvalue weighted by molar-refractivity contribution is 7.99. The molecule has 3 amide bonds. The molecule has 1 saturated heterocycles. The number of thioether (sulfide) groups is 1. The maximum absolute atomic E-state index is 12.5. The van der Waals surface area contributed by atoms with Crippen LogP contribution in [0.5, 0.6) is 0 Å². The molecule has 2 aromatic carbocycles. The largest absolute Gasteiger partial charge is 0.360 e. The number of aromatic nitrogens is 4. The first kappa shape index (κ1) is 19.4. The third-order valence-corrected chi connectivity index (χ3v) is 6.12. The number of rotatable bonds is 5. The van der Waals surface area contributed by atoms with E-state index in [1.807, 2.05) is 60.2 Å². The van der Waals surface area contributed by atoms with Crippen molar-refractivity contribution in [1.29, 1.82) is 0 Å². The number of amides is 3. The summed E-state index contributed by atoms with van der Waals surface area (Å²) in [5.74, 6) is 0.551. The average Bonchev–Trinajstić information content (AvgIpc) is 3.49. The van der Waals surface area contributed by atoms with Crippen LogP contribution < -0.4 is 5.32 Å². The molecule has 2 aromatic heterocycles. The van der Waals surface area contributed by atoms with E-state index >= 15 is 0 Å². The first-order chi connectivity index (χ1) is 15.1.